The van der Waals surface area contributed by atoms with Crippen LogP contribution in [0.4, 0.5) is 0 Å². The molecular formula is C14H21N3O3S2. The molecule has 6 nitrogen and oxygen atoms in total. The fraction of sp³-hybridized carbons (Fsp3) is 0.643. The van der Waals surface area contributed by atoms with Crippen LogP contribution in [0.1, 0.15) is 35.4 Å². The Kier molecular flexibility index (Phi) is 4.82. The van der Waals surface area contributed by atoms with Crippen LogP contribution in [0.25, 0.3) is 0 Å². The third-order valence-electron chi connectivity index (χ3n) is 4.19. The highest BCUT2D eigenvalue weighted by Gasteiger charge is 2.32. The predicted octanol–water partition coefficient (Wildman–Crippen LogP) is 1.01. The summed E-state index contributed by atoms with van der Waals surface area (Å²) in [5.41, 5.74) is 0. The Morgan fingerprint density at radius 3 is 2.64 bits per heavy atom. The molecule has 2 aliphatic heterocycles. The van der Waals surface area contributed by atoms with Gasteiger partial charge in [0, 0.05) is 19.1 Å². The van der Waals surface area contributed by atoms with Gasteiger partial charge < -0.3 is 10.6 Å². The van der Waals surface area contributed by atoms with E-state index in [4.69, 9.17) is 0 Å². The molecule has 8 heteroatoms. The molecule has 2 aliphatic rings. The summed E-state index contributed by atoms with van der Waals surface area (Å²) in [6, 6.07) is 1.67. The van der Waals surface area contributed by atoms with E-state index in [1.165, 1.54) is 15.6 Å². The van der Waals surface area contributed by atoms with Gasteiger partial charge >= 0.3 is 0 Å². The second-order valence-electron chi connectivity index (χ2n) is 5.72. The Labute approximate surface area is 134 Å². The van der Waals surface area contributed by atoms with Crippen molar-refractivity contribution in [1.82, 2.24) is 14.9 Å². The number of carbonyl (C=O) groups excluding carboxylic acids is 1. The maximum absolute atomic E-state index is 12.7. The second-order valence-corrected chi connectivity index (χ2v) is 8.55. The van der Waals surface area contributed by atoms with Crippen molar-refractivity contribution >= 4 is 27.3 Å². The van der Waals surface area contributed by atoms with Gasteiger partial charge in [0.05, 0.1) is 0 Å². The van der Waals surface area contributed by atoms with Crippen LogP contribution in [0, 0.1) is 0 Å². The van der Waals surface area contributed by atoms with Crippen LogP contribution >= 0.6 is 11.3 Å². The Hall–Kier alpha value is -0.960. The molecular weight excluding hydrogens is 322 g/mol. The number of thiophene rings is 1. The van der Waals surface area contributed by atoms with Crippen LogP contribution < -0.4 is 10.6 Å². The van der Waals surface area contributed by atoms with Crippen LogP contribution in [0.2, 0.25) is 0 Å². The van der Waals surface area contributed by atoms with Crippen molar-refractivity contribution in [3.05, 3.63) is 16.3 Å². The van der Waals surface area contributed by atoms with Gasteiger partial charge in [-0.15, -0.1) is 11.3 Å². The van der Waals surface area contributed by atoms with Gasteiger partial charge in [0.25, 0.3) is 5.91 Å². The van der Waals surface area contributed by atoms with E-state index in [0.29, 0.717) is 18.0 Å². The zero-order valence-electron chi connectivity index (χ0n) is 12.4. The summed E-state index contributed by atoms with van der Waals surface area (Å²) in [4.78, 5) is 12.9. The summed E-state index contributed by atoms with van der Waals surface area (Å²) >= 11 is 1.20. The maximum atomic E-state index is 12.7. The number of nitrogens with zero attached hydrogens (tertiary/aromatic N) is 1. The average molecular weight is 343 g/mol. The van der Waals surface area contributed by atoms with Gasteiger partial charge in [0.1, 0.15) is 9.77 Å². The number of nitrogens with one attached hydrogen (secondary N) is 2. The van der Waals surface area contributed by atoms with Crippen LogP contribution in [0.15, 0.2) is 16.3 Å². The molecule has 0 spiro atoms. The van der Waals surface area contributed by atoms with E-state index in [1.54, 1.807) is 11.4 Å². The molecule has 22 heavy (non-hydrogen) atoms. The summed E-state index contributed by atoms with van der Waals surface area (Å²) in [5, 5.41) is 7.90. The number of rotatable bonds is 4. The quantitative estimate of drug-likeness (QED) is 0.855. The first-order valence-electron chi connectivity index (χ1n) is 7.68. The molecule has 0 aliphatic carbocycles. The number of amides is 1. The minimum absolute atomic E-state index is 0.123. The molecule has 0 bridgehead atoms. The molecule has 0 unspecified atom stereocenters. The van der Waals surface area contributed by atoms with Gasteiger partial charge in [-0.2, -0.15) is 4.31 Å². The molecule has 122 valence electrons. The van der Waals surface area contributed by atoms with Crippen molar-refractivity contribution in [3.8, 4) is 0 Å². The number of hydrogen-bond acceptors (Lipinski definition) is 5. The van der Waals surface area contributed by atoms with Crippen LogP contribution in [0.5, 0.6) is 0 Å². The van der Waals surface area contributed by atoms with E-state index in [2.05, 4.69) is 10.6 Å². The lowest BCUT2D eigenvalue weighted by Gasteiger charge is -2.23. The van der Waals surface area contributed by atoms with Gasteiger partial charge in [-0.3, -0.25) is 4.79 Å². The molecule has 3 heterocycles. The van der Waals surface area contributed by atoms with Gasteiger partial charge in [0.15, 0.2) is 0 Å². The van der Waals surface area contributed by atoms with Gasteiger partial charge in [-0.25, -0.2) is 8.42 Å². The highest BCUT2D eigenvalue weighted by molar-refractivity contribution is 7.89. The summed E-state index contributed by atoms with van der Waals surface area (Å²) in [5.74, 6) is -0.264. The van der Waals surface area contributed by atoms with Crippen LogP contribution in [-0.4, -0.2) is 50.9 Å². The minimum atomic E-state index is -3.54. The molecule has 1 aromatic rings. The summed E-state index contributed by atoms with van der Waals surface area (Å²) < 4.78 is 26.8. The third kappa shape index (κ3) is 3.19. The Morgan fingerprint density at radius 2 is 1.95 bits per heavy atom. The highest BCUT2D eigenvalue weighted by Crippen LogP contribution is 2.27. The van der Waals surface area contributed by atoms with E-state index in [0.717, 1.165) is 38.8 Å². The minimum Gasteiger partial charge on any atom is -0.348 e. The lowest BCUT2D eigenvalue weighted by atomic mass is 10.1. The van der Waals surface area contributed by atoms with E-state index >= 15 is 0 Å². The van der Waals surface area contributed by atoms with Crippen LogP contribution in [-0.2, 0) is 10.0 Å². The Balaban J connectivity index is 1.77. The molecule has 3 rings (SSSR count). The highest BCUT2D eigenvalue weighted by atomic mass is 32.2. The molecule has 2 fully saturated rings. The van der Waals surface area contributed by atoms with Crippen molar-refractivity contribution < 1.29 is 13.2 Å². The molecule has 0 saturated carbocycles. The van der Waals surface area contributed by atoms with Crippen molar-refractivity contribution in [2.45, 2.75) is 36.6 Å². The van der Waals surface area contributed by atoms with Crippen molar-refractivity contribution in [2.75, 3.05) is 26.2 Å². The van der Waals surface area contributed by atoms with E-state index in [-0.39, 0.29) is 16.8 Å². The number of hydrogen-bond donors (Lipinski definition) is 2. The van der Waals surface area contributed by atoms with Crippen LogP contribution in [0.3, 0.4) is 0 Å². The summed E-state index contributed by atoms with van der Waals surface area (Å²) in [6.07, 6.45) is 3.54. The third-order valence-corrected chi connectivity index (χ3v) is 7.18. The van der Waals surface area contributed by atoms with E-state index in [1.807, 2.05) is 0 Å². The molecule has 0 atom stereocenters. The predicted molar refractivity (Wildman–Crippen MR) is 85.7 cm³/mol. The molecule has 1 amide bonds. The molecule has 2 N–H and O–H groups in total. The SMILES string of the molecule is O=C(NC1CCNCC1)c1sccc1S(=O)(=O)N1CCCC1. The second kappa shape index (κ2) is 6.66. The standard InChI is InChI=1S/C14H21N3O3S2/c18-14(16-11-3-6-15-7-4-11)13-12(5-10-21-13)22(19,20)17-8-1-2-9-17/h5,10-11,15H,1-4,6-9H2,(H,16,18). The van der Waals surface area contributed by atoms with E-state index in [9.17, 15) is 13.2 Å². The first-order valence-corrected chi connectivity index (χ1v) is 10.0. The maximum Gasteiger partial charge on any atom is 0.262 e. The number of piperidine rings is 1. The molecule has 2 saturated heterocycles. The fourth-order valence-electron chi connectivity index (χ4n) is 2.95. The zero-order chi connectivity index (χ0) is 15.6. The first kappa shape index (κ1) is 15.9. The van der Waals surface area contributed by atoms with Gasteiger partial charge in [-0.1, -0.05) is 0 Å². The topological polar surface area (TPSA) is 78.5 Å². The monoisotopic (exact) mass is 343 g/mol. The summed E-state index contributed by atoms with van der Waals surface area (Å²) in [6.45, 7) is 2.86. The normalized spacial score (nSPS) is 21.1. The number of carbonyl (C=O) groups is 1. The lowest BCUT2D eigenvalue weighted by molar-refractivity contribution is 0.0930. The van der Waals surface area contributed by atoms with Crippen molar-refractivity contribution in [2.24, 2.45) is 0 Å². The molecule has 0 aromatic carbocycles. The lowest BCUT2D eigenvalue weighted by Crippen LogP contribution is -2.43. The largest absolute Gasteiger partial charge is 0.348 e. The fourth-order valence-corrected chi connectivity index (χ4v) is 5.77. The van der Waals surface area contributed by atoms with Crippen molar-refractivity contribution in [3.63, 3.8) is 0 Å². The number of sulfonamides is 1. The first-order chi connectivity index (χ1) is 10.6. The van der Waals surface area contributed by atoms with E-state index < -0.39 is 10.0 Å². The smallest absolute Gasteiger partial charge is 0.262 e. The molecule has 0 radical (unpaired) electrons. The van der Waals surface area contributed by atoms with Crippen molar-refractivity contribution in [1.29, 1.82) is 0 Å². The molecule has 1 aromatic heterocycles. The Morgan fingerprint density at radius 1 is 1.27 bits per heavy atom. The Bertz CT molecular complexity index is 630. The van der Waals surface area contributed by atoms with Gasteiger partial charge in [0.2, 0.25) is 10.0 Å². The zero-order valence-corrected chi connectivity index (χ0v) is 14.0. The average Bonchev–Trinajstić information content (AvgIpc) is 3.20. The van der Waals surface area contributed by atoms with Gasteiger partial charge in [-0.05, 0) is 50.2 Å². The summed E-state index contributed by atoms with van der Waals surface area (Å²) in [7, 11) is -3.54.